The van der Waals surface area contributed by atoms with Crippen LogP contribution in [0.5, 0.6) is 0 Å². The number of anilines is 1. The van der Waals surface area contributed by atoms with Crippen molar-refractivity contribution < 1.29 is 14.3 Å². The molecule has 0 amide bonds. The zero-order chi connectivity index (χ0) is 21.9. The van der Waals surface area contributed by atoms with Crippen LogP contribution in [0.15, 0.2) is 101 Å². The number of hydrogen-bond donors (Lipinski definition) is 2. The van der Waals surface area contributed by atoms with Crippen LogP contribution in [0.25, 0.3) is 28.1 Å². The van der Waals surface area contributed by atoms with Crippen LogP contribution in [0, 0.1) is 0 Å². The van der Waals surface area contributed by atoms with Crippen LogP contribution in [-0.4, -0.2) is 27.1 Å². The summed E-state index contributed by atoms with van der Waals surface area (Å²) in [6.45, 7) is 0. The SMILES string of the molecule is O=C(O)c1cccc(N/N=C\c2cn(-c3ccccc3)nc2-c2cc3ccccc3o2)c1. The van der Waals surface area contributed by atoms with Crippen molar-refractivity contribution in [2.45, 2.75) is 0 Å². The number of carboxylic acids is 1. The van der Waals surface area contributed by atoms with Crippen LogP contribution in [0.1, 0.15) is 15.9 Å². The van der Waals surface area contributed by atoms with Crippen LogP contribution in [0.3, 0.4) is 0 Å². The van der Waals surface area contributed by atoms with Gasteiger partial charge in [0, 0.05) is 17.1 Å². The molecule has 5 aromatic rings. The summed E-state index contributed by atoms with van der Waals surface area (Å²) < 4.78 is 7.80. The number of hydrazone groups is 1. The number of furan rings is 1. The Balaban J connectivity index is 1.51. The zero-order valence-corrected chi connectivity index (χ0v) is 16.8. The van der Waals surface area contributed by atoms with Crippen LogP contribution in [0.4, 0.5) is 5.69 Å². The topological polar surface area (TPSA) is 92.7 Å². The minimum Gasteiger partial charge on any atom is -0.478 e. The molecule has 2 heterocycles. The van der Waals surface area contributed by atoms with Gasteiger partial charge in [-0.25, -0.2) is 9.48 Å². The second-order valence-electron chi connectivity index (χ2n) is 7.12. The number of aromatic carboxylic acids is 1. The third-order valence-electron chi connectivity index (χ3n) is 4.93. The van der Waals surface area contributed by atoms with Crippen molar-refractivity contribution >= 4 is 28.8 Å². The quantitative estimate of drug-likeness (QED) is 0.281. The number of para-hydroxylation sites is 2. The molecule has 0 aliphatic carbocycles. The number of benzene rings is 3. The van der Waals surface area contributed by atoms with Gasteiger partial charge in [-0.3, -0.25) is 5.43 Å². The van der Waals surface area contributed by atoms with Gasteiger partial charge in [-0.1, -0.05) is 42.5 Å². The van der Waals surface area contributed by atoms with Crippen LogP contribution in [-0.2, 0) is 0 Å². The maximum atomic E-state index is 11.2. The molecule has 2 aromatic heterocycles. The van der Waals surface area contributed by atoms with Crippen molar-refractivity contribution in [3.05, 3.63) is 102 Å². The van der Waals surface area contributed by atoms with E-state index in [1.807, 2.05) is 66.9 Å². The third-order valence-corrected chi connectivity index (χ3v) is 4.93. The van der Waals surface area contributed by atoms with Crippen LogP contribution < -0.4 is 5.43 Å². The van der Waals surface area contributed by atoms with Gasteiger partial charge in [0.15, 0.2) is 5.76 Å². The van der Waals surface area contributed by atoms with Crippen LogP contribution >= 0.6 is 0 Å². The van der Waals surface area contributed by atoms with Crippen molar-refractivity contribution in [1.82, 2.24) is 9.78 Å². The van der Waals surface area contributed by atoms with Crippen molar-refractivity contribution in [1.29, 1.82) is 0 Å². The molecule has 5 rings (SSSR count). The summed E-state index contributed by atoms with van der Waals surface area (Å²) in [6.07, 6.45) is 3.51. The molecule has 0 saturated carbocycles. The molecule has 7 nitrogen and oxygen atoms in total. The third kappa shape index (κ3) is 3.87. The Morgan fingerprint density at radius 3 is 2.62 bits per heavy atom. The lowest BCUT2D eigenvalue weighted by atomic mass is 10.2. The molecule has 0 bridgehead atoms. The molecule has 0 radical (unpaired) electrons. The van der Waals surface area contributed by atoms with Crippen molar-refractivity contribution in [2.75, 3.05) is 5.43 Å². The van der Waals surface area contributed by atoms with Gasteiger partial charge < -0.3 is 9.52 Å². The minimum absolute atomic E-state index is 0.185. The number of fused-ring (bicyclic) bond motifs is 1. The van der Waals surface area contributed by atoms with Gasteiger partial charge in [-0.2, -0.15) is 10.2 Å². The van der Waals surface area contributed by atoms with Crippen LogP contribution in [0.2, 0.25) is 0 Å². The highest BCUT2D eigenvalue weighted by Crippen LogP contribution is 2.29. The second-order valence-corrected chi connectivity index (χ2v) is 7.12. The summed E-state index contributed by atoms with van der Waals surface area (Å²) in [5.74, 6) is -0.357. The Kier molecular flexibility index (Phi) is 4.97. The highest BCUT2D eigenvalue weighted by molar-refractivity contribution is 5.91. The lowest BCUT2D eigenvalue weighted by molar-refractivity contribution is 0.0697. The first-order chi connectivity index (χ1) is 15.7. The molecule has 0 aliphatic heterocycles. The molecule has 0 atom stereocenters. The Bertz CT molecular complexity index is 1400. The average Bonchev–Trinajstić information content (AvgIpc) is 3.44. The second kappa shape index (κ2) is 8.23. The van der Waals surface area contributed by atoms with E-state index in [4.69, 9.17) is 14.6 Å². The molecule has 0 saturated heterocycles. The lowest BCUT2D eigenvalue weighted by Crippen LogP contribution is -1.97. The number of aromatic nitrogens is 2. The molecular weight excluding hydrogens is 404 g/mol. The number of carboxylic acid groups (broad SMARTS) is 1. The van der Waals surface area contributed by atoms with Crippen molar-refractivity contribution in [3.8, 4) is 17.1 Å². The zero-order valence-electron chi connectivity index (χ0n) is 16.8. The van der Waals surface area contributed by atoms with Crippen molar-refractivity contribution in [2.24, 2.45) is 5.10 Å². The summed E-state index contributed by atoms with van der Waals surface area (Å²) >= 11 is 0. The van der Waals surface area contributed by atoms with Gasteiger partial charge in [-0.15, -0.1) is 0 Å². The molecule has 0 spiro atoms. The molecule has 0 fully saturated rings. The summed E-state index contributed by atoms with van der Waals surface area (Å²) in [4.78, 5) is 11.2. The first-order valence-electron chi connectivity index (χ1n) is 9.94. The number of hydrogen-bond acceptors (Lipinski definition) is 5. The smallest absolute Gasteiger partial charge is 0.335 e. The number of rotatable bonds is 6. The van der Waals surface area contributed by atoms with Gasteiger partial charge in [0.1, 0.15) is 11.3 Å². The van der Waals surface area contributed by atoms with Gasteiger partial charge in [0.25, 0.3) is 0 Å². The molecular formula is C25H18N4O3. The highest BCUT2D eigenvalue weighted by atomic mass is 16.4. The molecule has 0 aliphatic rings. The van der Waals surface area contributed by atoms with E-state index in [9.17, 15) is 4.79 Å². The van der Waals surface area contributed by atoms with Gasteiger partial charge >= 0.3 is 5.97 Å². The van der Waals surface area contributed by atoms with E-state index in [1.165, 1.54) is 12.1 Å². The number of carbonyl (C=O) groups is 1. The molecule has 2 N–H and O–H groups in total. The van der Waals surface area contributed by atoms with E-state index in [-0.39, 0.29) is 5.56 Å². The molecule has 32 heavy (non-hydrogen) atoms. The first-order valence-corrected chi connectivity index (χ1v) is 9.94. The fourth-order valence-corrected chi connectivity index (χ4v) is 3.38. The minimum atomic E-state index is -0.992. The molecule has 3 aromatic carbocycles. The summed E-state index contributed by atoms with van der Waals surface area (Å²) in [7, 11) is 0. The predicted octanol–water partition coefficient (Wildman–Crippen LogP) is 5.43. The Labute approximate surface area is 183 Å². The molecule has 0 unspecified atom stereocenters. The monoisotopic (exact) mass is 422 g/mol. The fourth-order valence-electron chi connectivity index (χ4n) is 3.38. The normalized spacial score (nSPS) is 11.2. The van der Waals surface area contributed by atoms with Gasteiger partial charge in [0.2, 0.25) is 0 Å². The van der Waals surface area contributed by atoms with E-state index in [0.29, 0.717) is 17.1 Å². The molecule has 156 valence electrons. The standard InChI is InChI=1S/C25H18N4O3/c30-25(31)18-8-6-9-20(13-18)27-26-15-19-16-29(21-10-2-1-3-11-21)28-24(19)23-14-17-7-4-5-12-22(17)32-23/h1-16,27H,(H,30,31)/b26-15-. The van der Waals surface area contributed by atoms with Gasteiger partial charge in [0.05, 0.1) is 23.2 Å². The Morgan fingerprint density at radius 2 is 1.81 bits per heavy atom. The van der Waals surface area contributed by atoms with E-state index in [1.54, 1.807) is 23.0 Å². The van der Waals surface area contributed by atoms with E-state index in [2.05, 4.69) is 10.5 Å². The largest absolute Gasteiger partial charge is 0.478 e. The van der Waals surface area contributed by atoms with Crippen molar-refractivity contribution in [3.63, 3.8) is 0 Å². The van der Waals surface area contributed by atoms with E-state index in [0.717, 1.165) is 22.2 Å². The summed E-state index contributed by atoms with van der Waals surface area (Å²) in [6, 6.07) is 26.0. The maximum Gasteiger partial charge on any atom is 0.335 e. The fraction of sp³-hybridized carbons (Fsp3) is 0. The number of nitrogens with zero attached hydrogens (tertiary/aromatic N) is 3. The molecule has 7 heteroatoms. The first kappa shape index (κ1) is 19.3. The summed E-state index contributed by atoms with van der Waals surface area (Å²) in [5, 5.41) is 19.2. The predicted molar refractivity (Wildman–Crippen MR) is 123 cm³/mol. The van der Waals surface area contributed by atoms with E-state index >= 15 is 0 Å². The number of nitrogens with one attached hydrogen (secondary N) is 1. The Hall–Kier alpha value is -4.65. The van der Waals surface area contributed by atoms with E-state index < -0.39 is 5.97 Å². The maximum absolute atomic E-state index is 11.2. The highest BCUT2D eigenvalue weighted by Gasteiger charge is 2.15. The lowest BCUT2D eigenvalue weighted by Gasteiger charge is -2.01. The van der Waals surface area contributed by atoms with Gasteiger partial charge in [-0.05, 0) is 42.5 Å². The average molecular weight is 422 g/mol. The Morgan fingerprint density at radius 1 is 1.00 bits per heavy atom. The summed E-state index contributed by atoms with van der Waals surface area (Å²) in [5.41, 5.74) is 6.72.